The summed E-state index contributed by atoms with van der Waals surface area (Å²) in [4.78, 5) is 11.6. The number of furan rings is 1. The molecule has 0 radical (unpaired) electrons. The Labute approximate surface area is 168 Å². The van der Waals surface area contributed by atoms with Crippen LogP contribution in [0, 0.1) is 0 Å². The molecule has 0 amide bonds. The molecule has 0 atom stereocenters. The number of carbonyl (C=O) groups excluding carboxylic acids is 1. The highest BCUT2D eigenvalue weighted by molar-refractivity contribution is 5.98. The van der Waals surface area contributed by atoms with Crippen LogP contribution >= 0.6 is 0 Å². The van der Waals surface area contributed by atoms with Gasteiger partial charge in [-0.15, -0.1) is 0 Å². The summed E-state index contributed by atoms with van der Waals surface area (Å²) in [5, 5.41) is 10.6. The molecule has 1 N–H and O–H groups in total. The third kappa shape index (κ3) is 4.41. The Bertz CT molecular complexity index is 1140. The highest BCUT2D eigenvalue weighted by atomic mass is 16.5. The van der Waals surface area contributed by atoms with Gasteiger partial charge in [-0.05, 0) is 29.3 Å². The first-order valence-corrected chi connectivity index (χ1v) is 9.24. The van der Waals surface area contributed by atoms with Gasteiger partial charge in [-0.2, -0.15) is 0 Å². The van der Waals surface area contributed by atoms with Gasteiger partial charge in [0.05, 0.1) is 5.39 Å². The van der Waals surface area contributed by atoms with E-state index in [0.29, 0.717) is 23.3 Å². The number of aromatic hydroxyl groups is 1. The number of carbonyl (C=O) groups is 1. The molecule has 0 fully saturated rings. The predicted molar refractivity (Wildman–Crippen MR) is 109 cm³/mol. The van der Waals surface area contributed by atoms with Gasteiger partial charge in [-0.3, -0.25) is 4.79 Å². The summed E-state index contributed by atoms with van der Waals surface area (Å²) >= 11 is 0. The van der Waals surface area contributed by atoms with E-state index in [1.165, 1.54) is 19.1 Å². The average molecular weight is 388 g/mol. The fourth-order valence-electron chi connectivity index (χ4n) is 3.01. The summed E-state index contributed by atoms with van der Waals surface area (Å²) in [5.41, 5.74) is 2.42. The van der Waals surface area contributed by atoms with E-state index in [1.54, 1.807) is 6.07 Å². The summed E-state index contributed by atoms with van der Waals surface area (Å²) in [6.45, 7) is 2.20. The number of phenols is 1. The van der Waals surface area contributed by atoms with E-state index in [0.717, 1.165) is 16.9 Å². The van der Waals surface area contributed by atoms with Crippen LogP contribution in [0.3, 0.4) is 0 Å². The first kappa shape index (κ1) is 18.6. The summed E-state index contributed by atoms with van der Waals surface area (Å²) in [6, 6.07) is 22.2. The summed E-state index contributed by atoms with van der Waals surface area (Å²) < 4.78 is 17.3. The molecule has 3 aromatic carbocycles. The summed E-state index contributed by atoms with van der Waals surface area (Å²) in [6.07, 6.45) is 0. The number of phenolic OH excluding ortho intramolecular Hbond substituents is 1. The Morgan fingerprint density at radius 2 is 1.66 bits per heavy atom. The minimum absolute atomic E-state index is 0.0110. The largest absolute Gasteiger partial charge is 0.508 e. The average Bonchev–Trinajstić information content (AvgIpc) is 3.16. The lowest BCUT2D eigenvalue weighted by Gasteiger charge is -2.10. The lowest BCUT2D eigenvalue weighted by molar-refractivity contribution is 0.0989. The van der Waals surface area contributed by atoms with Crippen molar-refractivity contribution in [1.29, 1.82) is 0 Å². The van der Waals surface area contributed by atoms with E-state index in [4.69, 9.17) is 13.9 Å². The minimum atomic E-state index is -0.185. The monoisotopic (exact) mass is 388 g/mol. The van der Waals surface area contributed by atoms with Gasteiger partial charge in [0.15, 0.2) is 11.5 Å². The zero-order valence-electron chi connectivity index (χ0n) is 15.9. The molecule has 4 rings (SSSR count). The maximum absolute atomic E-state index is 11.6. The van der Waals surface area contributed by atoms with E-state index < -0.39 is 0 Å². The lowest BCUT2D eigenvalue weighted by Crippen LogP contribution is -1.98. The van der Waals surface area contributed by atoms with Crippen LogP contribution < -0.4 is 9.47 Å². The molecular weight excluding hydrogens is 368 g/mol. The SMILES string of the molecule is CC(=O)c1cc2c(OCc3cccc(OCc4ccccc4)c3)cc(O)cc2o1. The van der Waals surface area contributed by atoms with Crippen molar-refractivity contribution < 1.29 is 23.8 Å². The molecule has 0 spiro atoms. The zero-order chi connectivity index (χ0) is 20.2. The molecule has 5 nitrogen and oxygen atoms in total. The molecular formula is C24H20O5. The highest BCUT2D eigenvalue weighted by Crippen LogP contribution is 2.34. The van der Waals surface area contributed by atoms with Crippen LogP contribution in [0.5, 0.6) is 17.2 Å². The van der Waals surface area contributed by atoms with Crippen molar-refractivity contribution in [3.8, 4) is 17.2 Å². The number of hydrogen-bond donors (Lipinski definition) is 1. The third-order valence-electron chi connectivity index (χ3n) is 4.47. The lowest BCUT2D eigenvalue weighted by atomic mass is 10.2. The molecule has 0 bridgehead atoms. The smallest absolute Gasteiger partial charge is 0.194 e. The number of ether oxygens (including phenoxy) is 2. The molecule has 0 aliphatic carbocycles. The van der Waals surface area contributed by atoms with E-state index in [-0.39, 0.29) is 23.9 Å². The van der Waals surface area contributed by atoms with Gasteiger partial charge in [0.1, 0.15) is 36.0 Å². The second-order valence-corrected chi connectivity index (χ2v) is 6.73. The van der Waals surface area contributed by atoms with Crippen molar-refractivity contribution in [3.63, 3.8) is 0 Å². The van der Waals surface area contributed by atoms with E-state index >= 15 is 0 Å². The maximum Gasteiger partial charge on any atom is 0.194 e. The van der Waals surface area contributed by atoms with Crippen molar-refractivity contribution in [3.05, 3.63) is 89.7 Å². The van der Waals surface area contributed by atoms with E-state index in [2.05, 4.69) is 0 Å². The number of fused-ring (bicyclic) bond motifs is 1. The number of benzene rings is 3. The molecule has 4 aromatic rings. The van der Waals surface area contributed by atoms with Gasteiger partial charge in [-0.1, -0.05) is 42.5 Å². The quantitative estimate of drug-likeness (QED) is 0.424. The van der Waals surface area contributed by atoms with E-state index in [1.807, 2.05) is 54.6 Å². The number of Topliss-reactive ketones (excluding diaryl/α,β-unsaturated/α-hetero) is 1. The number of ketones is 1. The Balaban J connectivity index is 1.48. The molecule has 146 valence electrons. The topological polar surface area (TPSA) is 68.9 Å². The van der Waals surface area contributed by atoms with Crippen LogP contribution in [0.1, 0.15) is 28.6 Å². The second kappa shape index (κ2) is 8.10. The van der Waals surface area contributed by atoms with Crippen LogP contribution in [-0.2, 0) is 13.2 Å². The highest BCUT2D eigenvalue weighted by Gasteiger charge is 2.14. The molecule has 5 heteroatoms. The molecule has 1 aromatic heterocycles. The third-order valence-corrected chi connectivity index (χ3v) is 4.47. The number of hydrogen-bond acceptors (Lipinski definition) is 5. The standard InChI is InChI=1S/C24H20O5/c1-16(25)22-13-21-23(11-19(26)12-24(21)29-22)28-15-18-8-5-9-20(10-18)27-14-17-6-3-2-4-7-17/h2-13,26H,14-15H2,1H3. The Morgan fingerprint density at radius 1 is 0.897 bits per heavy atom. The van der Waals surface area contributed by atoms with Gasteiger partial charge < -0.3 is 19.0 Å². The molecule has 1 heterocycles. The Morgan fingerprint density at radius 3 is 2.45 bits per heavy atom. The van der Waals surface area contributed by atoms with Crippen LogP contribution in [0.15, 0.2) is 77.2 Å². The zero-order valence-corrected chi connectivity index (χ0v) is 15.9. The minimum Gasteiger partial charge on any atom is -0.508 e. The first-order chi connectivity index (χ1) is 14.1. The van der Waals surface area contributed by atoms with Gasteiger partial charge in [-0.25, -0.2) is 0 Å². The molecule has 0 saturated heterocycles. The van der Waals surface area contributed by atoms with Crippen molar-refractivity contribution in [2.45, 2.75) is 20.1 Å². The fraction of sp³-hybridized carbons (Fsp3) is 0.125. The van der Waals surface area contributed by atoms with Crippen LogP contribution in [0.4, 0.5) is 0 Å². The normalized spacial score (nSPS) is 10.8. The fourth-order valence-corrected chi connectivity index (χ4v) is 3.01. The van der Waals surface area contributed by atoms with Crippen molar-refractivity contribution in [1.82, 2.24) is 0 Å². The first-order valence-electron chi connectivity index (χ1n) is 9.24. The van der Waals surface area contributed by atoms with Crippen LogP contribution in [0.25, 0.3) is 11.0 Å². The van der Waals surface area contributed by atoms with Crippen LogP contribution in [0.2, 0.25) is 0 Å². The van der Waals surface area contributed by atoms with Crippen molar-refractivity contribution >= 4 is 16.8 Å². The molecule has 0 saturated carbocycles. The van der Waals surface area contributed by atoms with Crippen molar-refractivity contribution in [2.75, 3.05) is 0 Å². The molecule has 0 aliphatic heterocycles. The predicted octanol–water partition coefficient (Wildman–Crippen LogP) is 5.50. The number of rotatable bonds is 7. The maximum atomic E-state index is 11.6. The Hall–Kier alpha value is -3.73. The van der Waals surface area contributed by atoms with Crippen molar-refractivity contribution in [2.24, 2.45) is 0 Å². The molecule has 0 unspecified atom stereocenters. The molecule has 29 heavy (non-hydrogen) atoms. The van der Waals surface area contributed by atoms with Gasteiger partial charge >= 0.3 is 0 Å². The van der Waals surface area contributed by atoms with Crippen LogP contribution in [-0.4, -0.2) is 10.9 Å². The summed E-state index contributed by atoms with van der Waals surface area (Å²) in [5.74, 6) is 1.25. The Kier molecular flexibility index (Phi) is 5.20. The second-order valence-electron chi connectivity index (χ2n) is 6.73. The molecule has 0 aliphatic rings. The summed E-state index contributed by atoms with van der Waals surface area (Å²) in [7, 11) is 0. The van der Waals surface area contributed by atoms with Gasteiger partial charge in [0, 0.05) is 19.1 Å². The van der Waals surface area contributed by atoms with E-state index in [9.17, 15) is 9.90 Å². The van der Waals surface area contributed by atoms with Gasteiger partial charge in [0.2, 0.25) is 0 Å². The van der Waals surface area contributed by atoms with Gasteiger partial charge in [0.25, 0.3) is 0 Å².